The van der Waals surface area contributed by atoms with Gasteiger partial charge in [0.05, 0.1) is 9.82 Å². The third-order valence-electron chi connectivity index (χ3n) is 3.55. The SMILES string of the molecule is CC(C)C[C@@H](NS(=O)(=O)c1cccc([N+](=O)[O-])c1)c1ccccc1. The zero-order valence-electron chi connectivity index (χ0n) is 13.5. The summed E-state index contributed by atoms with van der Waals surface area (Å²) in [6.07, 6.45) is 0.623. The van der Waals surface area contributed by atoms with E-state index in [0.29, 0.717) is 6.42 Å². The molecular formula is C17H20N2O4S. The van der Waals surface area contributed by atoms with Crippen LogP contribution in [0.25, 0.3) is 0 Å². The Morgan fingerprint density at radius 1 is 1.08 bits per heavy atom. The van der Waals surface area contributed by atoms with E-state index < -0.39 is 21.0 Å². The van der Waals surface area contributed by atoms with Gasteiger partial charge >= 0.3 is 0 Å². The average Bonchev–Trinajstić information content (AvgIpc) is 2.54. The average molecular weight is 348 g/mol. The summed E-state index contributed by atoms with van der Waals surface area (Å²) < 4.78 is 28.0. The maximum Gasteiger partial charge on any atom is 0.270 e. The molecule has 0 bridgehead atoms. The second kappa shape index (κ2) is 7.55. The van der Waals surface area contributed by atoms with E-state index in [9.17, 15) is 18.5 Å². The molecule has 128 valence electrons. The number of nitrogens with one attached hydrogen (secondary N) is 1. The van der Waals surface area contributed by atoms with Gasteiger partial charge < -0.3 is 0 Å². The number of nitro groups is 1. The molecule has 0 aliphatic rings. The van der Waals surface area contributed by atoms with Crippen LogP contribution in [0.3, 0.4) is 0 Å². The monoisotopic (exact) mass is 348 g/mol. The van der Waals surface area contributed by atoms with E-state index in [4.69, 9.17) is 0 Å². The summed E-state index contributed by atoms with van der Waals surface area (Å²) in [6.45, 7) is 4.02. The number of rotatable bonds is 7. The molecule has 0 fully saturated rings. The van der Waals surface area contributed by atoms with E-state index >= 15 is 0 Å². The van der Waals surface area contributed by atoms with Gasteiger partial charge in [-0.15, -0.1) is 0 Å². The Kier molecular flexibility index (Phi) is 5.69. The molecule has 0 unspecified atom stereocenters. The molecule has 0 amide bonds. The van der Waals surface area contributed by atoms with Crippen LogP contribution in [0, 0.1) is 16.0 Å². The van der Waals surface area contributed by atoms with Crippen LogP contribution < -0.4 is 4.72 Å². The Morgan fingerprint density at radius 3 is 2.33 bits per heavy atom. The Hall–Kier alpha value is -2.25. The first kappa shape index (κ1) is 18.1. The van der Waals surface area contributed by atoms with Crippen molar-refractivity contribution in [3.8, 4) is 0 Å². The fourth-order valence-electron chi connectivity index (χ4n) is 2.43. The molecule has 6 nitrogen and oxygen atoms in total. The van der Waals surface area contributed by atoms with Gasteiger partial charge in [-0.1, -0.05) is 50.2 Å². The van der Waals surface area contributed by atoms with Crippen LogP contribution in [-0.4, -0.2) is 13.3 Å². The lowest BCUT2D eigenvalue weighted by Gasteiger charge is -2.21. The molecule has 1 atom stereocenters. The first-order valence-electron chi connectivity index (χ1n) is 7.61. The highest BCUT2D eigenvalue weighted by Gasteiger charge is 2.23. The van der Waals surface area contributed by atoms with Crippen molar-refractivity contribution in [1.29, 1.82) is 0 Å². The number of nitrogens with zero attached hydrogens (tertiary/aromatic N) is 1. The Balaban J connectivity index is 2.33. The van der Waals surface area contributed by atoms with Gasteiger partial charge in [-0.05, 0) is 24.0 Å². The van der Waals surface area contributed by atoms with E-state index in [0.717, 1.165) is 11.6 Å². The molecule has 0 aliphatic heterocycles. The van der Waals surface area contributed by atoms with Crippen LogP contribution in [0.1, 0.15) is 31.9 Å². The molecule has 2 rings (SSSR count). The van der Waals surface area contributed by atoms with Gasteiger partial charge in [0.2, 0.25) is 10.0 Å². The molecule has 0 saturated heterocycles. The highest BCUT2D eigenvalue weighted by molar-refractivity contribution is 7.89. The highest BCUT2D eigenvalue weighted by Crippen LogP contribution is 2.25. The molecule has 1 N–H and O–H groups in total. The summed E-state index contributed by atoms with van der Waals surface area (Å²) in [4.78, 5) is 10.1. The molecule has 0 saturated carbocycles. The van der Waals surface area contributed by atoms with Crippen LogP contribution in [-0.2, 0) is 10.0 Å². The second-order valence-corrected chi connectivity index (χ2v) is 7.68. The molecule has 2 aromatic carbocycles. The third-order valence-corrected chi connectivity index (χ3v) is 5.01. The van der Waals surface area contributed by atoms with E-state index in [1.165, 1.54) is 18.2 Å². The topological polar surface area (TPSA) is 89.3 Å². The summed E-state index contributed by atoms with van der Waals surface area (Å²) in [5.74, 6) is 0.281. The number of nitro benzene ring substituents is 1. The van der Waals surface area contributed by atoms with Crippen molar-refractivity contribution in [2.24, 2.45) is 5.92 Å². The molecule has 0 spiro atoms. The summed E-state index contributed by atoms with van der Waals surface area (Å²) in [5, 5.41) is 10.9. The maximum atomic E-state index is 12.6. The summed E-state index contributed by atoms with van der Waals surface area (Å²) >= 11 is 0. The van der Waals surface area contributed by atoms with Crippen LogP contribution >= 0.6 is 0 Å². The lowest BCUT2D eigenvalue weighted by atomic mass is 9.98. The van der Waals surface area contributed by atoms with Gasteiger partial charge in [0.15, 0.2) is 0 Å². The minimum Gasteiger partial charge on any atom is -0.258 e. The van der Waals surface area contributed by atoms with Gasteiger partial charge in [0.25, 0.3) is 5.69 Å². The predicted octanol–water partition coefficient (Wildman–Crippen LogP) is 3.66. The van der Waals surface area contributed by atoms with E-state index in [-0.39, 0.29) is 16.5 Å². The number of hydrogen-bond donors (Lipinski definition) is 1. The Labute approximate surface area is 141 Å². The molecule has 0 aromatic heterocycles. The van der Waals surface area contributed by atoms with Crippen molar-refractivity contribution >= 4 is 15.7 Å². The number of hydrogen-bond acceptors (Lipinski definition) is 4. The van der Waals surface area contributed by atoms with Crippen LogP contribution in [0.2, 0.25) is 0 Å². The first-order valence-corrected chi connectivity index (χ1v) is 9.09. The van der Waals surface area contributed by atoms with Crippen LogP contribution in [0.5, 0.6) is 0 Å². The van der Waals surface area contributed by atoms with Gasteiger partial charge in [-0.3, -0.25) is 10.1 Å². The summed E-state index contributed by atoms with van der Waals surface area (Å²) in [5.41, 5.74) is 0.609. The zero-order valence-corrected chi connectivity index (χ0v) is 14.4. The lowest BCUT2D eigenvalue weighted by molar-refractivity contribution is -0.385. The molecule has 2 aromatic rings. The largest absolute Gasteiger partial charge is 0.270 e. The normalized spacial score (nSPS) is 13.0. The quantitative estimate of drug-likeness (QED) is 0.611. The lowest BCUT2D eigenvalue weighted by Crippen LogP contribution is -2.29. The van der Waals surface area contributed by atoms with Crippen molar-refractivity contribution in [2.45, 2.75) is 31.2 Å². The minimum atomic E-state index is -3.86. The summed E-state index contributed by atoms with van der Waals surface area (Å²) in [6, 6.07) is 14.0. The van der Waals surface area contributed by atoms with Crippen molar-refractivity contribution in [3.05, 3.63) is 70.3 Å². The molecule has 24 heavy (non-hydrogen) atoms. The fraction of sp³-hybridized carbons (Fsp3) is 0.294. The van der Waals surface area contributed by atoms with Crippen LogP contribution in [0.15, 0.2) is 59.5 Å². The van der Waals surface area contributed by atoms with Crippen molar-refractivity contribution in [1.82, 2.24) is 4.72 Å². The van der Waals surface area contributed by atoms with E-state index in [1.807, 2.05) is 44.2 Å². The van der Waals surface area contributed by atoms with Gasteiger partial charge in [0, 0.05) is 18.2 Å². The fourth-order valence-corrected chi connectivity index (χ4v) is 3.71. The van der Waals surface area contributed by atoms with Crippen LogP contribution in [0.4, 0.5) is 5.69 Å². The Bertz CT molecular complexity index is 804. The van der Waals surface area contributed by atoms with E-state index in [1.54, 1.807) is 0 Å². The molecule has 0 radical (unpaired) electrons. The molecule has 7 heteroatoms. The van der Waals surface area contributed by atoms with E-state index in [2.05, 4.69) is 4.72 Å². The molecule has 0 heterocycles. The van der Waals surface area contributed by atoms with Gasteiger partial charge in [-0.2, -0.15) is 0 Å². The maximum absolute atomic E-state index is 12.6. The van der Waals surface area contributed by atoms with Gasteiger partial charge in [0.1, 0.15) is 0 Å². The number of non-ortho nitro benzene ring substituents is 1. The highest BCUT2D eigenvalue weighted by atomic mass is 32.2. The van der Waals surface area contributed by atoms with Crippen molar-refractivity contribution in [2.75, 3.05) is 0 Å². The zero-order chi connectivity index (χ0) is 17.7. The Morgan fingerprint density at radius 2 is 1.75 bits per heavy atom. The molecule has 0 aliphatic carbocycles. The first-order chi connectivity index (χ1) is 11.3. The minimum absolute atomic E-state index is 0.110. The smallest absolute Gasteiger partial charge is 0.258 e. The second-order valence-electron chi connectivity index (χ2n) is 5.97. The third kappa shape index (κ3) is 4.62. The predicted molar refractivity (Wildman–Crippen MR) is 92.1 cm³/mol. The van der Waals surface area contributed by atoms with Crippen molar-refractivity contribution in [3.63, 3.8) is 0 Å². The number of benzene rings is 2. The summed E-state index contributed by atoms with van der Waals surface area (Å²) in [7, 11) is -3.86. The standard InChI is InChI=1S/C17H20N2O4S/c1-13(2)11-17(14-7-4-3-5-8-14)18-24(22,23)16-10-6-9-15(12-16)19(20)21/h3-10,12-13,17-18H,11H2,1-2H3/t17-/m1/s1. The van der Waals surface area contributed by atoms with Gasteiger partial charge in [-0.25, -0.2) is 13.1 Å². The molecular weight excluding hydrogens is 328 g/mol. The number of sulfonamides is 1. The van der Waals surface area contributed by atoms with Crippen molar-refractivity contribution < 1.29 is 13.3 Å².